The summed E-state index contributed by atoms with van der Waals surface area (Å²) >= 11 is 5.75. The van der Waals surface area contributed by atoms with Crippen molar-refractivity contribution in [3.05, 3.63) is 32.8 Å². The van der Waals surface area contributed by atoms with Crippen LogP contribution < -0.4 is 4.74 Å². The maximum Gasteiger partial charge on any atom is 0.292 e. The molecule has 0 aliphatic carbocycles. The number of benzene rings is 1. The Morgan fingerprint density at radius 1 is 1.56 bits per heavy atom. The van der Waals surface area contributed by atoms with E-state index >= 15 is 0 Å². The highest BCUT2D eigenvalue weighted by Crippen LogP contribution is 2.33. The number of nitro groups is 1. The van der Waals surface area contributed by atoms with E-state index in [-0.39, 0.29) is 27.8 Å². The van der Waals surface area contributed by atoms with Crippen LogP contribution in [0.1, 0.15) is 24.2 Å². The van der Waals surface area contributed by atoms with Gasteiger partial charge in [-0.1, -0.05) is 11.6 Å². The lowest BCUT2D eigenvalue weighted by Gasteiger charge is -2.06. The van der Waals surface area contributed by atoms with Crippen LogP contribution in [0.5, 0.6) is 5.75 Å². The van der Waals surface area contributed by atoms with Gasteiger partial charge in [0.05, 0.1) is 17.6 Å². The Bertz CT molecular complexity index is 409. The quantitative estimate of drug-likeness (QED) is 0.463. The van der Waals surface area contributed by atoms with Crippen molar-refractivity contribution >= 4 is 23.1 Å². The van der Waals surface area contributed by atoms with Crippen LogP contribution >= 0.6 is 11.6 Å². The number of halogens is 1. The van der Waals surface area contributed by atoms with E-state index in [2.05, 4.69) is 0 Å². The molecule has 0 atom stereocenters. The number of nitrogens with zero attached hydrogens (tertiary/aromatic N) is 1. The summed E-state index contributed by atoms with van der Waals surface area (Å²) in [7, 11) is 0. The Hall–Kier alpha value is -1.62. The predicted molar refractivity (Wildman–Crippen MR) is 59.3 cm³/mol. The molecule has 1 aromatic rings. The van der Waals surface area contributed by atoms with E-state index in [1.807, 2.05) is 0 Å². The van der Waals surface area contributed by atoms with Crippen molar-refractivity contribution in [3.8, 4) is 5.75 Å². The van der Waals surface area contributed by atoms with Crippen LogP contribution in [0.2, 0.25) is 5.02 Å². The molecule has 0 N–H and O–H groups in total. The summed E-state index contributed by atoms with van der Waals surface area (Å²) in [6.07, 6.45) is 0. The van der Waals surface area contributed by atoms with Crippen molar-refractivity contribution in [1.82, 2.24) is 0 Å². The minimum Gasteiger partial charge on any atom is -0.494 e. The molecule has 0 aromatic heterocycles. The Balaban J connectivity index is 3.38. The molecule has 0 amide bonds. The lowest BCUT2D eigenvalue weighted by atomic mass is 10.1. The summed E-state index contributed by atoms with van der Waals surface area (Å²) in [6, 6.07) is 2.61. The van der Waals surface area contributed by atoms with Gasteiger partial charge in [-0.15, -0.1) is 0 Å². The molecule has 16 heavy (non-hydrogen) atoms. The Kier molecular flexibility index (Phi) is 3.84. The second kappa shape index (κ2) is 4.94. The minimum atomic E-state index is -0.642. The predicted octanol–water partition coefficient (Wildman–Crippen LogP) is 2.85. The topological polar surface area (TPSA) is 69.4 Å². The largest absolute Gasteiger partial charge is 0.494 e. The van der Waals surface area contributed by atoms with Gasteiger partial charge in [0.15, 0.2) is 5.78 Å². The first kappa shape index (κ1) is 12.4. The molecule has 86 valence electrons. The SMILES string of the molecule is CCOc1cc(C(C)=O)c(Cl)c([N+](=O)[O-])c1. The van der Waals surface area contributed by atoms with Crippen LogP contribution in [0.25, 0.3) is 0 Å². The summed E-state index contributed by atoms with van der Waals surface area (Å²) in [5.41, 5.74) is -0.225. The van der Waals surface area contributed by atoms with Crippen molar-refractivity contribution < 1.29 is 14.5 Å². The van der Waals surface area contributed by atoms with Crippen molar-refractivity contribution in [2.24, 2.45) is 0 Å². The number of carbonyl (C=O) groups excluding carboxylic acids is 1. The summed E-state index contributed by atoms with van der Waals surface area (Å²) in [6.45, 7) is 3.39. The van der Waals surface area contributed by atoms with Crippen molar-refractivity contribution in [3.63, 3.8) is 0 Å². The average Bonchev–Trinajstić information content (AvgIpc) is 2.19. The lowest BCUT2D eigenvalue weighted by molar-refractivity contribution is -0.384. The zero-order valence-electron chi connectivity index (χ0n) is 8.82. The third-order valence-electron chi connectivity index (χ3n) is 1.91. The van der Waals surface area contributed by atoms with Crippen molar-refractivity contribution in [1.29, 1.82) is 0 Å². The number of hydrogen-bond donors (Lipinski definition) is 0. The average molecular weight is 244 g/mol. The van der Waals surface area contributed by atoms with Gasteiger partial charge < -0.3 is 4.74 Å². The first-order chi connectivity index (χ1) is 7.47. The molecular formula is C10H10ClNO4. The minimum absolute atomic E-state index is 0.0966. The molecule has 0 heterocycles. The van der Waals surface area contributed by atoms with E-state index in [9.17, 15) is 14.9 Å². The molecule has 0 saturated heterocycles. The number of Topliss-reactive ketones (excluding diaryl/α,β-unsaturated/α-hetero) is 1. The van der Waals surface area contributed by atoms with Crippen molar-refractivity contribution in [2.75, 3.05) is 6.61 Å². The monoisotopic (exact) mass is 243 g/mol. The zero-order valence-corrected chi connectivity index (χ0v) is 9.58. The molecule has 0 aliphatic heterocycles. The maximum absolute atomic E-state index is 11.2. The molecule has 0 bridgehead atoms. The molecule has 1 rings (SSSR count). The van der Waals surface area contributed by atoms with Crippen LogP contribution in [-0.4, -0.2) is 17.3 Å². The second-order valence-corrected chi connectivity index (χ2v) is 3.43. The summed E-state index contributed by atoms with van der Waals surface area (Å²) in [5.74, 6) is -0.0709. The fourth-order valence-electron chi connectivity index (χ4n) is 1.22. The highest BCUT2D eigenvalue weighted by atomic mass is 35.5. The molecule has 6 heteroatoms. The molecule has 0 radical (unpaired) electrons. The van der Waals surface area contributed by atoms with Crippen LogP contribution in [0.15, 0.2) is 12.1 Å². The van der Waals surface area contributed by atoms with Gasteiger partial charge in [0, 0.05) is 5.56 Å². The van der Waals surface area contributed by atoms with Gasteiger partial charge in [0.25, 0.3) is 5.69 Å². The van der Waals surface area contributed by atoms with Crippen LogP contribution in [-0.2, 0) is 0 Å². The Morgan fingerprint density at radius 2 is 2.19 bits per heavy atom. The summed E-state index contributed by atoms with van der Waals surface area (Å²) in [5, 5.41) is 10.6. The van der Waals surface area contributed by atoms with Gasteiger partial charge in [-0.3, -0.25) is 14.9 Å². The van der Waals surface area contributed by atoms with E-state index in [1.165, 1.54) is 19.1 Å². The molecular weight excluding hydrogens is 234 g/mol. The van der Waals surface area contributed by atoms with E-state index in [0.29, 0.717) is 6.61 Å². The van der Waals surface area contributed by atoms with Gasteiger partial charge in [0.1, 0.15) is 10.8 Å². The molecule has 5 nitrogen and oxygen atoms in total. The molecule has 0 saturated carbocycles. The van der Waals surface area contributed by atoms with E-state index in [4.69, 9.17) is 16.3 Å². The molecule has 0 spiro atoms. The standard InChI is InChI=1S/C10H10ClNO4/c1-3-16-7-4-8(6(2)13)10(11)9(5-7)12(14)15/h4-5H,3H2,1-2H3. The number of nitro benzene ring substituents is 1. The number of ether oxygens (including phenoxy) is 1. The molecule has 1 aromatic carbocycles. The van der Waals surface area contributed by atoms with E-state index < -0.39 is 4.92 Å². The first-order valence-electron chi connectivity index (χ1n) is 4.59. The lowest BCUT2D eigenvalue weighted by Crippen LogP contribution is -2.01. The highest BCUT2D eigenvalue weighted by molar-refractivity contribution is 6.36. The smallest absolute Gasteiger partial charge is 0.292 e. The van der Waals surface area contributed by atoms with Gasteiger partial charge in [-0.2, -0.15) is 0 Å². The van der Waals surface area contributed by atoms with E-state index in [0.717, 1.165) is 0 Å². The Labute approximate surface area is 97.1 Å². The molecule has 0 aliphatic rings. The van der Waals surface area contributed by atoms with Crippen molar-refractivity contribution in [2.45, 2.75) is 13.8 Å². The summed E-state index contributed by atoms with van der Waals surface area (Å²) < 4.78 is 5.13. The number of carbonyl (C=O) groups is 1. The fraction of sp³-hybridized carbons (Fsp3) is 0.300. The normalized spacial score (nSPS) is 9.94. The van der Waals surface area contributed by atoms with Crippen LogP contribution in [0.4, 0.5) is 5.69 Å². The van der Waals surface area contributed by atoms with Gasteiger partial charge in [-0.05, 0) is 19.9 Å². The zero-order chi connectivity index (χ0) is 12.3. The number of ketones is 1. The Morgan fingerprint density at radius 3 is 2.62 bits per heavy atom. The third kappa shape index (κ3) is 2.49. The molecule has 0 unspecified atom stereocenters. The van der Waals surface area contributed by atoms with Crippen LogP contribution in [0.3, 0.4) is 0 Å². The first-order valence-corrected chi connectivity index (χ1v) is 4.96. The van der Waals surface area contributed by atoms with Gasteiger partial charge in [-0.25, -0.2) is 0 Å². The molecule has 0 fully saturated rings. The second-order valence-electron chi connectivity index (χ2n) is 3.05. The van der Waals surface area contributed by atoms with Gasteiger partial charge in [0.2, 0.25) is 0 Å². The highest BCUT2D eigenvalue weighted by Gasteiger charge is 2.20. The fourth-order valence-corrected chi connectivity index (χ4v) is 1.53. The summed E-state index contributed by atoms with van der Waals surface area (Å²) in [4.78, 5) is 21.3. The van der Waals surface area contributed by atoms with Gasteiger partial charge >= 0.3 is 0 Å². The number of hydrogen-bond acceptors (Lipinski definition) is 4. The number of rotatable bonds is 4. The van der Waals surface area contributed by atoms with Crippen LogP contribution in [0, 0.1) is 10.1 Å². The maximum atomic E-state index is 11.2. The van der Waals surface area contributed by atoms with E-state index in [1.54, 1.807) is 6.92 Å². The third-order valence-corrected chi connectivity index (χ3v) is 2.31.